The Balaban J connectivity index is 0.00000300. The number of anilines is 1. The van der Waals surface area contributed by atoms with Gasteiger partial charge in [-0.3, -0.25) is 9.79 Å². The van der Waals surface area contributed by atoms with E-state index in [-0.39, 0.29) is 41.8 Å². The molecule has 7 nitrogen and oxygen atoms in total. The van der Waals surface area contributed by atoms with Crippen LogP contribution in [0.1, 0.15) is 12.5 Å². The Morgan fingerprint density at radius 1 is 1.34 bits per heavy atom. The predicted octanol–water partition coefficient (Wildman–Crippen LogP) is 2.74. The predicted molar refractivity (Wildman–Crippen MR) is 128 cm³/mol. The Morgan fingerprint density at radius 3 is 2.72 bits per heavy atom. The van der Waals surface area contributed by atoms with Gasteiger partial charge in [0.2, 0.25) is 0 Å². The number of hydrogen-bond donors (Lipinski definition) is 1. The number of rotatable bonds is 4. The van der Waals surface area contributed by atoms with Gasteiger partial charge < -0.3 is 19.9 Å². The minimum Gasteiger partial charge on any atom is -0.469 e. The van der Waals surface area contributed by atoms with Crippen LogP contribution in [0.15, 0.2) is 35.3 Å². The average molecular weight is 511 g/mol. The normalized spacial score (nSPS) is 19.1. The molecule has 29 heavy (non-hydrogen) atoms. The summed E-state index contributed by atoms with van der Waals surface area (Å²) >= 11 is 0. The number of aliphatic imine (C=N–C) groups is 1. The van der Waals surface area contributed by atoms with Crippen molar-refractivity contribution in [3.63, 3.8) is 0 Å². The molecule has 1 fully saturated rings. The first-order valence-electron chi connectivity index (χ1n) is 9.54. The molecule has 1 saturated heterocycles. The number of fused-ring (bicyclic) bond motifs is 1. The minimum atomic E-state index is -0.152. The number of ether oxygens (including phenoxy) is 1. The highest BCUT2D eigenvalue weighted by molar-refractivity contribution is 14.0. The number of nitrogens with zero attached hydrogens (tertiary/aromatic N) is 4. The number of likely N-dealkylation sites (tertiary alicyclic amines) is 1. The van der Waals surface area contributed by atoms with E-state index in [1.807, 2.05) is 37.2 Å². The summed E-state index contributed by atoms with van der Waals surface area (Å²) in [5, 5.41) is 4.58. The zero-order valence-electron chi connectivity index (χ0n) is 17.7. The van der Waals surface area contributed by atoms with Gasteiger partial charge in [0, 0.05) is 46.2 Å². The molecule has 1 N–H and O–H groups in total. The summed E-state index contributed by atoms with van der Waals surface area (Å²) in [5.41, 5.74) is 2.13. The number of methoxy groups -OCH3 is 1. The van der Waals surface area contributed by atoms with Crippen LogP contribution in [0.2, 0.25) is 0 Å². The second kappa shape index (κ2) is 10.1. The van der Waals surface area contributed by atoms with Gasteiger partial charge in [0.15, 0.2) is 5.96 Å². The van der Waals surface area contributed by atoms with Crippen LogP contribution >= 0.6 is 24.0 Å². The van der Waals surface area contributed by atoms with E-state index in [2.05, 4.69) is 34.3 Å². The summed E-state index contributed by atoms with van der Waals surface area (Å²) < 4.78 is 4.94. The Kier molecular flexibility index (Phi) is 8.06. The molecular weight excluding hydrogens is 481 g/mol. The zero-order chi connectivity index (χ0) is 20.3. The molecule has 2 aromatic rings. The largest absolute Gasteiger partial charge is 0.469 e. The Bertz CT molecular complexity index is 887. The van der Waals surface area contributed by atoms with E-state index in [1.165, 1.54) is 7.11 Å². The van der Waals surface area contributed by atoms with Crippen LogP contribution in [0.25, 0.3) is 10.9 Å². The molecule has 0 radical (unpaired) electrons. The van der Waals surface area contributed by atoms with Crippen LogP contribution < -0.4 is 10.2 Å². The SMILES string of the molecule is CN=C(NCc1cc(N(C)C)nc2ccccc12)N1CC(C)C(C(=O)OC)C1.I. The van der Waals surface area contributed by atoms with Crippen molar-refractivity contribution in [1.29, 1.82) is 0 Å². The molecule has 0 bridgehead atoms. The number of guanidine groups is 1. The quantitative estimate of drug-likeness (QED) is 0.295. The molecule has 2 heterocycles. The van der Waals surface area contributed by atoms with E-state index >= 15 is 0 Å². The molecule has 2 unspecified atom stereocenters. The molecule has 1 aliphatic heterocycles. The average Bonchev–Trinajstić information content (AvgIpc) is 3.08. The minimum absolute atomic E-state index is 0. The molecule has 1 aromatic carbocycles. The van der Waals surface area contributed by atoms with Crippen molar-refractivity contribution in [3.8, 4) is 0 Å². The van der Waals surface area contributed by atoms with Crippen molar-refractivity contribution in [3.05, 3.63) is 35.9 Å². The number of carbonyl (C=O) groups excluding carboxylic acids is 1. The lowest BCUT2D eigenvalue weighted by Crippen LogP contribution is -2.40. The Hall–Kier alpha value is -2.10. The lowest BCUT2D eigenvalue weighted by atomic mass is 9.99. The third-order valence-corrected chi connectivity index (χ3v) is 5.31. The van der Waals surface area contributed by atoms with Crippen molar-refractivity contribution in [1.82, 2.24) is 15.2 Å². The molecule has 2 atom stereocenters. The number of esters is 1. The first-order chi connectivity index (χ1) is 13.4. The van der Waals surface area contributed by atoms with E-state index in [4.69, 9.17) is 9.72 Å². The smallest absolute Gasteiger partial charge is 0.310 e. The van der Waals surface area contributed by atoms with E-state index in [9.17, 15) is 4.79 Å². The molecule has 0 saturated carbocycles. The molecule has 0 amide bonds. The maximum atomic E-state index is 12.0. The van der Waals surface area contributed by atoms with E-state index < -0.39 is 0 Å². The van der Waals surface area contributed by atoms with Crippen LogP contribution in [0, 0.1) is 11.8 Å². The summed E-state index contributed by atoms with van der Waals surface area (Å²) in [6.07, 6.45) is 0. The van der Waals surface area contributed by atoms with Crippen LogP contribution in [-0.2, 0) is 16.1 Å². The first-order valence-corrected chi connectivity index (χ1v) is 9.54. The highest BCUT2D eigenvalue weighted by Crippen LogP contribution is 2.25. The van der Waals surface area contributed by atoms with Crippen molar-refractivity contribution < 1.29 is 9.53 Å². The number of aromatic nitrogens is 1. The van der Waals surface area contributed by atoms with Crippen LogP contribution in [-0.4, -0.2) is 63.2 Å². The number of carbonyl (C=O) groups is 1. The van der Waals surface area contributed by atoms with Gasteiger partial charge in [-0.2, -0.15) is 0 Å². The summed E-state index contributed by atoms with van der Waals surface area (Å²) in [4.78, 5) is 25.3. The Labute approximate surface area is 189 Å². The second-order valence-corrected chi connectivity index (χ2v) is 7.46. The summed E-state index contributed by atoms with van der Waals surface area (Å²) in [6.45, 7) is 4.10. The third-order valence-electron chi connectivity index (χ3n) is 5.31. The van der Waals surface area contributed by atoms with Crippen LogP contribution in [0.5, 0.6) is 0 Å². The number of para-hydroxylation sites is 1. The molecule has 0 spiro atoms. The lowest BCUT2D eigenvalue weighted by Gasteiger charge is -2.22. The number of benzene rings is 1. The van der Waals surface area contributed by atoms with Crippen LogP contribution in [0.4, 0.5) is 5.82 Å². The van der Waals surface area contributed by atoms with Gasteiger partial charge in [-0.05, 0) is 23.6 Å². The van der Waals surface area contributed by atoms with Gasteiger partial charge in [-0.25, -0.2) is 4.98 Å². The summed E-state index contributed by atoms with van der Waals surface area (Å²) in [5.74, 6) is 1.68. The number of hydrogen-bond acceptors (Lipinski definition) is 5. The zero-order valence-corrected chi connectivity index (χ0v) is 20.0. The van der Waals surface area contributed by atoms with Crippen LogP contribution in [0.3, 0.4) is 0 Å². The number of pyridine rings is 1. The second-order valence-electron chi connectivity index (χ2n) is 7.46. The number of halogens is 1. The van der Waals surface area contributed by atoms with Gasteiger partial charge in [-0.15, -0.1) is 24.0 Å². The first kappa shape index (κ1) is 23.2. The van der Waals surface area contributed by atoms with Gasteiger partial charge in [0.25, 0.3) is 0 Å². The topological polar surface area (TPSA) is 70.1 Å². The van der Waals surface area contributed by atoms with Gasteiger partial charge in [-0.1, -0.05) is 25.1 Å². The van der Waals surface area contributed by atoms with Gasteiger partial charge in [0.05, 0.1) is 18.5 Å². The Morgan fingerprint density at radius 2 is 2.07 bits per heavy atom. The fraction of sp³-hybridized carbons (Fsp3) is 0.476. The summed E-state index contributed by atoms with van der Waals surface area (Å²) in [7, 11) is 7.20. The monoisotopic (exact) mass is 511 g/mol. The maximum Gasteiger partial charge on any atom is 0.310 e. The summed E-state index contributed by atoms with van der Waals surface area (Å²) in [6, 6.07) is 10.3. The molecule has 3 rings (SSSR count). The fourth-order valence-corrected chi connectivity index (χ4v) is 3.71. The maximum absolute atomic E-state index is 12.0. The van der Waals surface area contributed by atoms with Gasteiger partial charge in [0.1, 0.15) is 5.82 Å². The molecule has 0 aliphatic carbocycles. The molecule has 1 aromatic heterocycles. The standard InChI is InChI=1S/C21H29N5O2.HI/c1-14-12-26(13-17(14)20(27)28-5)21(22-2)23-11-15-10-19(25(3)4)24-18-9-7-6-8-16(15)18;/h6-10,14,17H,11-13H2,1-5H3,(H,22,23);1H. The van der Waals surface area contributed by atoms with Crippen molar-refractivity contribution >= 4 is 52.6 Å². The molecule has 158 valence electrons. The van der Waals surface area contributed by atoms with Crippen molar-refractivity contribution in [2.24, 2.45) is 16.8 Å². The number of nitrogens with one attached hydrogen (secondary N) is 1. The van der Waals surface area contributed by atoms with Crippen molar-refractivity contribution in [2.45, 2.75) is 13.5 Å². The van der Waals surface area contributed by atoms with E-state index in [0.29, 0.717) is 13.1 Å². The lowest BCUT2D eigenvalue weighted by molar-refractivity contribution is -0.145. The molecule has 1 aliphatic rings. The highest BCUT2D eigenvalue weighted by atomic mass is 127. The molecular formula is C21H30IN5O2. The molecule has 8 heteroatoms. The van der Waals surface area contributed by atoms with Gasteiger partial charge >= 0.3 is 5.97 Å². The van der Waals surface area contributed by atoms with Crippen molar-refractivity contribution in [2.75, 3.05) is 46.2 Å². The van der Waals surface area contributed by atoms with E-state index in [1.54, 1.807) is 7.05 Å². The highest BCUT2D eigenvalue weighted by Gasteiger charge is 2.36. The fourth-order valence-electron chi connectivity index (χ4n) is 3.71. The third kappa shape index (κ3) is 5.09. The van der Waals surface area contributed by atoms with E-state index in [0.717, 1.165) is 34.8 Å².